The minimum atomic E-state index is 0.0593. The van der Waals surface area contributed by atoms with Gasteiger partial charge < -0.3 is 5.32 Å². The summed E-state index contributed by atoms with van der Waals surface area (Å²) >= 11 is 3.48. The van der Waals surface area contributed by atoms with E-state index in [9.17, 15) is 4.79 Å². The summed E-state index contributed by atoms with van der Waals surface area (Å²) in [6.07, 6.45) is 1.50. The highest BCUT2D eigenvalue weighted by Crippen LogP contribution is 2.40. The molecular weight excluding hydrogens is 292 g/mol. The Morgan fingerprint density at radius 3 is 2.83 bits per heavy atom. The monoisotopic (exact) mass is 304 g/mol. The summed E-state index contributed by atoms with van der Waals surface area (Å²) in [7, 11) is 0. The predicted molar refractivity (Wildman–Crippen MR) is 75.7 cm³/mol. The molecule has 1 atom stereocenters. The minimum absolute atomic E-state index is 0.0593. The van der Waals surface area contributed by atoms with Gasteiger partial charge in [0.1, 0.15) is 10.4 Å². The van der Waals surface area contributed by atoms with E-state index >= 15 is 0 Å². The number of fused-ring (bicyclic) bond motifs is 3. The number of carbonyl (C=O) groups excluding carboxylic acids is 1. The highest BCUT2D eigenvalue weighted by atomic mass is 79.9. The highest BCUT2D eigenvalue weighted by Gasteiger charge is 2.27. The molecule has 1 amide bonds. The van der Waals surface area contributed by atoms with Gasteiger partial charge in [-0.2, -0.15) is 0 Å². The SMILES string of the molecule is CCC1CC(=O)Nc2nc(Br)c3ccccc3c21. The van der Waals surface area contributed by atoms with Gasteiger partial charge in [-0.05, 0) is 33.7 Å². The van der Waals surface area contributed by atoms with E-state index in [1.807, 2.05) is 12.1 Å². The lowest BCUT2D eigenvalue weighted by atomic mass is 9.87. The van der Waals surface area contributed by atoms with Crippen LogP contribution in [-0.4, -0.2) is 10.9 Å². The van der Waals surface area contributed by atoms with E-state index in [0.717, 1.165) is 16.4 Å². The molecular formula is C14H13BrN2O. The molecule has 3 nitrogen and oxygen atoms in total. The number of aromatic nitrogens is 1. The molecule has 18 heavy (non-hydrogen) atoms. The number of nitrogens with zero attached hydrogens (tertiary/aromatic N) is 1. The predicted octanol–water partition coefficient (Wildman–Crippen LogP) is 3.83. The van der Waals surface area contributed by atoms with Gasteiger partial charge in [0.15, 0.2) is 0 Å². The Hall–Kier alpha value is -1.42. The zero-order chi connectivity index (χ0) is 12.7. The maximum atomic E-state index is 11.7. The molecule has 0 fully saturated rings. The van der Waals surface area contributed by atoms with Crippen LogP contribution in [0, 0.1) is 0 Å². The van der Waals surface area contributed by atoms with Crippen molar-refractivity contribution in [3.8, 4) is 0 Å². The van der Waals surface area contributed by atoms with Crippen molar-refractivity contribution in [3.05, 3.63) is 34.4 Å². The van der Waals surface area contributed by atoms with E-state index in [-0.39, 0.29) is 11.8 Å². The lowest BCUT2D eigenvalue weighted by Crippen LogP contribution is -2.24. The lowest BCUT2D eigenvalue weighted by molar-refractivity contribution is -0.116. The van der Waals surface area contributed by atoms with Crippen molar-refractivity contribution in [2.45, 2.75) is 25.7 Å². The fraction of sp³-hybridized carbons (Fsp3) is 0.286. The van der Waals surface area contributed by atoms with Crippen LogP contribution < -0.4 is 5.32 Å². The van der Waals surface area contributed by atoms with E-state index in [4.69, 9.17) is 0 Å². The first kappa shape index (κ1) is 11.7. The van der Waals surface area contributed by atoms with Gasteiger partial charge in [-0.25, -0.2) is 4.98 Å². The van der Waals surface area contributed by atoms with Crippen LogP contribution in [0.25, 0.3) is 10.8 Å². The number of hydrogen-bond acceptors (Lipinski definition) is 2. The molecule has 1 N–H and O–H groups in total. The molecule has 1 aliphatic heterocycles. The number of carbonyl (C=O) groups is 1. The molecule has 2 heterocycles. The molecule has 92 valence electrons. The number of rotatable bonds is 1. The normalized spacial score (nSPS) is 18.6. The molecule has 4 heteroatoms. The third kappa shape index (κ3) is 1.72. The van der Waals surface area contributed by atoms with E-state index in [1.54, 1.807) is 0 Å². The molecule has 2 aromatic rings. The second-order valence-corrected chi connectivity index (χ2v) is 5.32. The van der Waals surface area contributed by atoms with E-state index in [0.29, 0.717) is 12.2 Å². The summed E-state index contributed by atoms with van der Waals surface area (Å²) in [5.74, 6) is 1.03. The minimum Gasteiger partial charge on any atom is -0.310 e. The molecule has 1 aromatic heterocycles. The Morgan fingerprint density at radius 2 is 2.11 bits per heavy atom. The van der Waals surface area contributed by atoms with E-state index in [2.05, 4.69) is 45.3 Å². The van der Waals surface area contributed by atoms with Crippen molar-refractivity contribution in [1.82, 2.24) is 4.98 Å². The molecule has 1 unspecified atom stereocenters. The number of amides is 1. The zero-order valence-corrected chi connectivity index (χ0v) is 11.6. The van der Waals surface area contributed by atoms with Crippen molar-refractivity contribution in [2.24, 2.45) is 0 Å². The summed E-state index contributed by atoms with van der Waals surface area (Å²) in [6, 6.07) is 8.18. The lowest BCUT2D eigenvalue weighted by Gasteiger charge is -2.25. The Morgan fingerprint density at radius 1 is 1.39 bits per heavy atom. The van der Waals surface area contributed by atoms with Crippen LogP contribution in [0.1, 0.15) is 31.2 Å². The third-order valence-corrected chi connectivity index (χ3v) is 4.10. The smallest absolute Gasteiger partial charge is 0.226 e. The Balaban J connectivity index is 2.35. The van der Waals surface area contributed by atoms with Gasteiger partial charge in [-0.15, -0.1) is 0 Å². The summed E-state index contributed by atoms with van der Waals surface area (Å²) in [4.78, 5) is 16.2. The summed E-state index contributed by atoms with van der Waals surface area (Å²) in [5, 5.41) is 5.16. The molecule has 0 bridgehead atoms. The topological polar surface area (TPSA) is 42.0 Å². The van der Waals surface area contributed by atoms with Crippen molar-refractivity contribution >= 4 is 38.4 Å². The number of hydrogen-bond donors (Lipinski definition) is 1. The molecule has 0 spiro atoms. The largest absolute Gasteiger partial charge is 0.310 e. The van der Waals surface area contributed by atoms with Gasteiger partial charge in [0.05, 0.1) is 0 Å². The van der Waals surface area contributed by atoms with Crippen LogP contribution in [0.15, 0.2) is 28.9 Å². The van der Waals surface area contributed by atoms with E-state index in [1.165, 1.54) is 10.9 Å². The quantitative estimate of drug-likeness (QED) is 0.814. The maximum absolute atomic E-state index is 11.7. The number of anilines is 1. The van der Waals surface area contributed by atoms with Crippen LogP contribution in [0.4, 0.5) is 5.82 Å². The molecule has 1 aromatic carbocycles. The Kier molecular flexibility index (Phi) is 2.82. The molecule has 0 saturated heterocycles. The molecule has 3 rings (SSSR count). The van der Waals surface area contributed by atoms with Crippen molar-refractivity contribution in [3.63, 3.8) is 0 Å². The van der Waals surface area contributed by atoms with Crippen molar-refractivity contribution in [2.75, 3.05) is 5.32 Å². The second kappa shape index (κ2) is 4.35. The maximum Gasteiger partial charge on any atom is 0.226 e. The van der Waals surface area contributed by atoms with Crippen LogP contribution in [-0.2, 0) is 4.79 Å². The number of nitrogens with one attached hydrogen (secondary N) is 1. The molecule has 0 aliphatic carbocycles. The number of halogens is 1. The van der Waals surface area contributed by atoms with E-state index < -0.39 is 0 Å². The fourth-order valence-corrected chi connectivity index (χ4v) is 3.13. The number of pyridine rings is 1. The third-order valence-electron chi connectivity index (χ3n) is 3.50. The molecule has 0 radical (unpaired) electrons. The summed E-state index contributed by atoms with van der Waals surface area (Å²) in [6.45, 7) is 2.11. The van der Waals surface area contributed by atoms with Gasteiger partial charge in [-0.3, -0.25) is 4.79 Å². The van der Waals surface area contributed by atoms with Crippen LogP contribution in [0.2, 0.25) is 0 Å². The highest BCUT2D eigenvalue weighted by molar-refractivity contribution is 9.10. The van der Waals surface area contributed by atoms with Gasteiger partial charge >= 0.3 is 0 Å². The average Bonchev–Trinajstić information content (AvgIpc) is 2.37. The number of benzene rings is 1. The first-order chi connectivity index (χ1) is 8.70. The first-order valence-electron chi connectivity index (χ1n) is 6.08. The average molecular weight is 305 g/mol. The zero-order valence-electron chi connectivity index (χ0n) is 10.0. The Labute approximate surface area is 114 Å². The summed E-state index contributed by atoms with van der Waals surface area (Å²) < 4.78 is 0.786. The van der Waals surface area contributed by atoms with Gasteiger partial charge in [-0.1, -0.05) is 31.2 Å². The van der Waals surface area contributed by atoms with Gasteiger partial charge in [0, 0.05) is 17.4 Å². The van der Waals surface area contributed by atoms with Crippen molar-refractivity contribution in [1.29, 1.82) is 0 Å². The van der Waals surface area contributed by atoms with Crippen LogP contribution >= 0.6 is 15.9 Å². The van der Waals surface area contributed by atoms with Crippen molar-refractivity contribution < 1.29 is 4.79 Å². The van der Waals surface area contributed by atoms with Gasteiger partial charge in [0.25, 0.3) is 0 Å². The molecule has 1 aliphatic rings. The van der Waals surface area contributed by atoms with Crippen LogP contribution in [0.3, 0.4) is 0 Å². The first-order valence-corrected chi connectivity index (χ1v) is 6.88. The standard InChI is InChI=1S/C14H13BrN2O/c1-2-8-7-11(18)16-14-12(8)9-5-3-4-6-10(9)13(15)17-14/h3-6,8H,2,7H2,1H3,(H,16,17,18). The molecule has 0 saturated carbocycles. The fourth-order valence-electron chi connectivity index (χ4n) is 2.61. The second-order valence-electron chi connectivity index (χ2n) is 4.57. The summed E-state index contributed by atoms with van der Waals surface area (Å²) in [5.41, 5.74) is 1.18. The van der Waals surface area contributed by atoms with Gasteiger partial charge in [0.2, 0.25) is 5.91 Å². The Bertz CT molecular complexity index is 639. The van der Waals surface area contributed by atoms with Crippen LogP contribution in [0.5, 0.6) is 0 Å².